The lowest BCUT2D eigenvalue weighted by Gasteiger charge is -2.29. The Morgan fingerprint density at radius 2 is 1.75 bits per heavy atom. The van der Waals surface area contributed by atoms with Crippen LogP contribution in [0.2, 0.25) is 5.02 Å². The summed E-state index contributed by atoms with van der Waals surface area (Å²) in [5.41, 5.74) is 4.44. The van der Waals surface area contributed by atoms with Crippen LogP contribution in [0.1, 0.15) is 39.7 Å². The van der Waals surface area contributed by atoms with Gasteiger partial charge in [0, 0.05) is 33.5 Å². The molecule has 0 radical (unpaired) electrons. The number of amides is 1. The summed E-state index contributed by atoms with van der Waals surface area (Å²) in [6, 6.07) is 6.51. The van der Waals surface area contributed by atoms with E-state index in [1.54, 1.807) is 18.2 Å². The van der Waals surface area contributed by atoms with Crippen LogP contribution in [0.4, 0.5) is 0 Å². The third kappa shape index (κ3) is 1.73. The van der Waals surface area contributed by atoms with Gasteiger partial charge in [-0.25, -0.2) is 0 Å². The number of nitrogens with zero attached hydrogens (tertiary/aromatic N) is 1. The van der Waals surface area contributed by atoms with Crippen molar-refractivity contribution in [2.75, 3.05) is 5.43 Å². The van der Waals surface area contributed by atoms with Crippen LogP contribution in [0.5, 0.6) is 11.8 Å². The molecule has 4 aliphatic rings. The zero-order valence-corrected chi connectivity index (χ0v) is 13.4. The zero-order valence-electron chi connectivity index (χ0n) is 12.6. The summed E-state index contributed by atoms with van der Waals surface area (Å²) in [7, 11) is 0. The smallest absolute Gasteiger partial charge is 0.270 e. The highest BCUT2D eigenvalue weighted by molar-refractivity contribution is 6.31. The molecule has 5 nitrogen and oxygen atoms in total. The van der Waals surface area contributed by atoms with Gasteiger partial charge < -0.3 is 10.2 Å². The molecule has 1 aromatic heterocycles. The molecule has 4 unspecified atom stereocenters. The maximum Gasteiger partial charge on any atom is 0.270 e. The van der Waals surface area contributed by atoms with Gasteiger partial charge in [0.25, 0.3) is 5.91 Å². The molecule has 4 aliphatic carbocycles. The van der Waals surface area contributed by atoms with E-state index in [-0.39, 0.29) is 23.6 Å². The maximum absolute atomic E-state index is 12.4. The molecule has 1 aromatic carbocycles. The maximum atomic E-state index is 12.4. The minimum Gasteiger partial charge on any atom is -0.493 e. The average Bonchev–Trinajstić information content (AvgIpc) is 3.36. The van der Waals surface area contributed by atoms with Crippen LogP contribution in [0.25, 0.3) is 0 Å². The van der Waals surface area contributed by atoms with E-state index in [9.17, 15) is 15.0 Å². The van der Waals surface area contributed by atoms with E-state index in [1.807, 2.05) is 0 Å². The second-order valence-electron chi connectivity index (χ2n) is 6.76. The van der Waals surface area contributed by atoms with Crippen molar-refractivity contribution in [2.45, 2.75) is 18.3 Å². The van der Waals surface area contributed by atoms with Crippen molar-refractivity contribution in [3.8, 4) is 11.8 Å². The third-order valence-corrected chi connectivity index (χ3v) is 5.74. The van der Waals surface area contributed by atoms with Crippen LogP contribution >= 0.6 is 11.6 Å². The average molecular weight is 343 g/mol. The van der Waals surface area contributed by atoms with Gasteiger partial charge >= 0.3 is 0 Å². The standard InChI is InChI=1S/C18H15ClN2O3/c19-9-3-1-2-8(6-9)16(22)20-21-17(23)14-10-4-5-11(13-7-12(10)13)15(14)18(21)24/h1-6,10-13,23-24H,7H2,(H,20,22). The normalized spacial score (nSPS) is 28.4. The van der Waals surface area contributed by atoms with Gasteiger partial charge in [-0.15, -0.1) is 0 Å². The number of aromatic nitrogens is 1. The second-order valence-corrected chi connectivity index (χ2v) is 7.20. The van der Waals surface area contributed by atoms with Gasteiger partial charge in [-0.1, -0.05) is 29.8 Å². The van der Waals surface area contributed by atoms with Gasteiger partial charge in [0.15, 0.2) is 0 Å². The van der Waals surface area contributed by atoms with Crippen LogP contribution in [0.3, 0.4) is 0 Å². The molecule has 1 saturated carbocycles. The van der Waals surface area contributed by atoms with Crippen molar-refractivity contribution in [3.05, 3.63) is 58.1 Å². The summed E-state index contributed by atoms with van der Waals surface area (Å²) in [5.74, 6) is 0.760. The minimum atomic E-state index is -0.444. The van der Waals surface area contributed by atoms with Crippen molar-refractivity contribution in [1.82, 2.24) is 4.68 Å². The van der Waals surface area contributed by atoms with Crippen LogP contribution in [-0.4, -0.2) is 20.8 Å². The molecule has 4 atom stereocenters. The first kappa shape index (κ1) is 14.0. The molecule has 2 aromatic rings. The number of rotatable bonds is 2. The fourth-order valence-electron chi connectivity index (χ4n) is 4.35. The molecule has 6 heteroatoms. The summed E-state index contributed by atoms with van der Waals surface area (Å²) in [6.45, 7) is 0. The number of hydrogen-bond acceptors (Lipinski definition) is 3. The van der Waals surface area contributed by atoms with Crippen molar-refractivity contribution >= 4 is 17.5 Å². The predicted octanol–water partition coefficient (Wildman–Crippen LogP) is 3.32. The number of carbonyl (C=O) groups excluding carboxylic acids is 1. The Balaban J connectivity index is 1.54. The van der Waals surface area contributed by atoms with E-state index in [4.69, 9.17) is 11.6 Å². The lowest BCUT2D eigenvalue weighted by Crippen LogP contribution is -2.22. The lowest BCUT2D eigenvalue weighted by molar-refractivity contribution is 0.100. The Bertz CT molecular complexity index is 876. The van der Waals surface area contributed by atoms with E-state index >= 15 is 0 Å². The van der Waals surface area contributed by atoms with Gasteiger partial charge in [0.1, 0.15) is 0 Å². The molecule has 2 bridgehead atoms. The summed E-state index contributed by atoms with van der Waals surface area (Å²) in [4.78, 5) is 12.4. The lowest BCUT2D eigenvalue weighted by atomic mass is 9.73. The number of hydrogen-bond donors (Lipinski definition) is 3. The summed E-state index contributed by atoms with van der Waals surface area (Å²) < 4.78 is 1.09. The number of halogens is 1. The van der Waals surface area contributed by atoms with E-state index in [0.717, 1.165) is 22.2 Å². The summed E-state index contributed by atoms with van der Waals surface area (Å²) in [6.07, 6.45) is 5.36. The van der Waals surface area contributed by atoms with E-state index in [2.05, 4.69) is 17.6 Å². The van der Waals surface area contributed by atoms with E-state index in [0.29, 0.717) is 22.4 Å². The highest BCUT2D eigenvalue weighted by atomic mass is 35.5. The van der Waals surface area contributed by atoms with Gasteiger partial charge in [-0.3, -0.25) is 10.2 Å². The van der Waals surface area contributed by atoms with E-state index in [1.165, 1.54) is 6.07 Å². The fraction of sp³-hybridized carbons (Fsp3) is 0.278. The molecule has 24 heavy (non-hydrogen) atoms. The van der Waals surface area contributed by atoms with Crippen molar-refractivity contribution in [2.24, 2.45) is 11.8 Å². The van der Waals surface area contributed by atoms with Gasteiger partial charge in [-0.2, -0.15) is 4.68 Å². The monoisotopic (exact) mass is 342 g/mol. The first-order valence-electron chi connectivity index (χ1n) is 7.98. The Morgan fingerprint density at radius 3 is 2.33 bits per heavy atom. The van der Waals surface area contributed by atoms with Crippen LogP contribution in [0.15, 0.2) is 36.4 Å². The molecule has 6 rings (SSSR count). The topological polar surface area (TPSA) is 74.5 Å². The molecule has 3 N–H and O–H groups in total. The van der Waals surface area contributed by atoms with Crippen LogP contribution in [0, 0.1) is 11.8 Å². The molecule has 122 valence electrons. The quantitative estimate of drug-likeness (QED) is 0.733. The summed E-state index contributed by atoms with van der Waals surface area (Å²) in [5, 5.41) is 21.6. The Hall–Kier alpha value is -2.40. The number of allylic oxidation sites excluding steroid dienone is 2. The minimum absolute atomic E-state index is 0.0809. The van der Waals surface area contributed by atoms with Gasteiger partial charge in [0.2, 0.25) is 11.8 Å². The zero-order chi connectivity index (χ0) is 16.6. The predicted molar refractivity (Wildman–Crippen MR) is 89.1 cm³/mol. The number of aromatic hydroxyl groups is 2. The van der Waals surface area contributed by atoms with Gasteiger partial charge in [0.05, 0.1) is 0 Å². The first-order chi connectivity index (χ1) is 11.6. The summed E-state index contributed by atoms with van der Waals surface area (Å²) >= 11 is 5.91. The molecule has 0 aliphatic heterocycles. The number of carbonyl (C=O) groups is 1. The highest BCUT2D eigenvalue weighted by Crippen LogP contribution is 2.67. The Labute approximate surface area is 143 Å². The van der Waals surface area contributed by atoms with E-state index < -0.39 is 5.91 Å². The molecule has 1 fully saturated rings. The fourth-order valence-corrected chi connectivity index (χ4v) is 4.54. The molecule has 1 amide bonds. The van der Waals surface area contributed by atoms with Crippen LogP contribution < -0.4 is 5.43 Å². The second kappa shape index (κ2) is 4.57. The van der Waals surface area contributed by atoms with Crippen LogP contribution in [-0.2, 0) is 0 Å². The first-order valence-corrected chi connectivity index (χ1v) is 8.35. The number of benzene rings is 1. The van der Waals surface area contributed by atoms with Crippen molar-refractivity contribution in [3.63, 3.8) is 0 Å². The molecule has 1 heterocycles. The van der Waals surface area contributed by atoms with Crippen molar-refractivity contribution < 1.29 is 15.0 Å². The molecular weight excluding hydrogens is 328 g/mol. The number of nitrogens with one attached hydrogen (secondary N) is 1. The SMILES string of the molecule is O=C(Nn1c(O)c2c(c1O)C1C=CC2C2CC12)c1cccc(Cl)c1. The Morgan fingerprint density at radius 1 is 1.12 bits per heavy atom. The Kier molecular flexibility index (Phi) is 2.66. The van der Waals surface area contributed by atoms with Crippen molar-refractivity contribution in [1.29, 1.82) is 0 Å². The third-order valence-electron chi connectivity index (χ3n) is 5.50. The van der Waals surface area contributed by atoms with Gasteiger partial charge in [-0.05, 0) is 36.5 Å². The largest absolute Gasteiger partial charge is 0.493 e. The molecule has 0 saturated heterocycles. The molecule has 0 spiro atoms. The molecular formula is C18H15ClN2O3. The highest BCUT2D eigenvalue weighted by Gasteiger charge is 2.57.